The first kappa shape index (κ1) is 19.6. The Labute approximate surface area is 172 Å². The lowest BCUT2D eigenvalue weighted by Gasteiger charge is -2.36. The van der Waals surface area contributed by atoms with Crippen molar-refractivity contribution in [3.63, 3.8) is 0 Å². The summed E-state index contributed by atoms with van der Waals surface area (Å²) >= 11 is 0. The molecule has 7 nitrogen and oxygen atoms in total. The van der Waals surface area contributed by atoms with Gasteiger partial charge in [-0.1, -0.05) is 13.0 Å². The average Bonchev–Trinajstić information content (AvgIpc) is 2.79. The molecule has 0 bridgehead atoms. The molecule has 154 valence electrons. The second kappa shape index (κ2) is 8.76. The molecule has 1 unspecified atom stereocenters. The van der Waals surface area contributed by atoms with E-state index in [-0.39, 0.29) is 5.91 Å². The Morgan fingerprint density at radius 2 is 1.86 bits per heavy atom. The van der Waals surface area contributed by atoms with Gasteiger partial charge in [0.1, 0.15) is 11.5 Å². The molecule has 0 N–H and O–H groups in total. The van der Waals surface area contributed by atoms with Crippen LogP contribution < -0.4 is 9.80 Å². The van der Waals surface area contributed by atoms with Gasteiger partial charge in [0.25, 0.3) is 5.91 Å². The maximum absolute atomic E-state index is 13.2. The van der Waals surface area contributed by atoms with E-state index in [0.717, 1.165) is 63.5 Å². The number of hydrogen-bond donors (Lipinski definition) is 0. The van der Waals surface area contributed by atoms with Gasteiger partial charge in [0, 0.05) is 50.7 Å². The number of carbonyl (C=O) groups is 1. The Morgan fingerprint density at radius 1 is 1.07 bits per heavy atom. The van der Waals surface area contributed by atoms with Gasteiger partial charge in [-0.2, -0.15) is 0 Å². The number of hydrogen-bond acceptors (Lipinski definition) is 6. The van der Waals surface area contributed by atoms with E-state index in [1.807, 2.05) is 42.3 Å². The molecule has 29 heavy (non-hydrogen) atoms. The summed E-state index contributed by atoms with van der Waals surface area (Å²) in [6, 6.07) is 8.15. The topological polar surface area (TPSA) is 65.5 Å². The monoisotopic (exact) mass is 394 g/mol. The van der Waals surface area contributed by atoms with Crippen molar-refractivity contribution in [3.8, 4) is 0 Å². The van der Waals surface area contributed by atoms with Gasteiger partial charge in [-0.3, -0.25) is 4.79 Å². The number of carbonyl (C=O) groups excluding carboxylic acids is 1. The minimum Gasteiger partial charge on any atom is -0.353 e. The van der Waals surface area contributed by atoms with E-state index in [1.165, 1.54) is 6.42 Å². The van der Waals surface area contributed by atoms with Crippen molar-refractivity contribution in [1.29, 1.82) is 0 Å². The van der Waals surface area contributed by atoms with E-state index in [4.69, 9.17) is 0 Å². The lowest BCUT2D eigenvalue weighted by Crippen LogP contribution is -2.48. The van der Waals surface area contributed by atoms with Gasteiger partial charge in [0.05, 0.1) is 0 Å². The second-order valence-corrected chi connectivity index (χ2v) is 7.91. The van der Waals surface area contributed by atoms with Gasteiger partial charge in [0.15, 0.2) is 0 Å². The van der Waals surface area contributed by atoms with E-state index < -0.39 is 0 Å². The number of piperidine rings is 1. The molecule has 4 rings (SSSR count). The number of amides is 1. The van der Waals surface area contributed by atoms with Crippen molar-refractivity contribution >= 4 is 17.7 Å². The Bertz CT molecular complexity index is 834. The summed E-state index contributed by atoms with van der Waals surface area (Å²) in [4.78, 5) is 33.4. The number of aryl methyl sites for hydroxylation is 1. The molecule has 7 heteroatoms. The molecule has 0 aliphatic carbocycles. The SMILES string of the molecule is CCC1CCCCN1C(=O)c1cc(C)nc(N2CCN(c3ccccn3)CC2)n1. The van der Waals surface area contributed by atoms with Gasteiger partial charge in [-0.25, -0.2) is 15.0 Å². The highest BCUT2D eigenvalue weighted by molar-refractivity contribution is 5.93. The fourth-order valence-corrected chi connectivity index (χ4v) is 4.32. The van der Waals surface area contributed by atoms with E-state index in [0.29, 0.717) is 17.7 Å². The first-order valence-corrected chi connectivity index (χ1v) is 10.7. The highest BCUT2D eigenvalue weighted by atomic mass is 16.2. The standard InChI is InChI=1S/C22H30N6O/c1-3-18-8-5-7-11-28(18)21(29)19-16-17(2)24-22(25-19)27-14-12-26(13-15-27)20-9-4-6-10-23-20/h4,6,9-10,16,18H,3,5,7-8,11-15H2,1-2H3. The third kappa shape index (κ3) is 4.33. The predicted molar refractivity (Wildman–Crippen MR) is 114 cm³/mol. The Hall–Kier alpha value is -2.70. The fraction of sp³-hybridized carbons (Fsp3) is 0.545. The molecule has 0 spiro atoms. The Kier molecular flexibility index (Phi) is 5.92. The lowest BCUT2D eigenvalue weighted by molar-refractivity contribution is 0.0601. The van der Waals surface area contributed by atoms with E-state index in [2.05, 4.69) is 31.7 Å². The molecule has 2 aromatic heterocycles. The maximum atomic E-state index is 13.2. The second-order valence-electron chi connectivity index (χ2n) is 7.91. The van der Waals surface area contributed by atoms with Gasteiger partial charge in [-0.05, 0) is 50.8 Å². The van der Waals surface area contributed by atoms with Crippen LogP contribution in [0.25, 0.3) is 0 Å². The van der Waals surface area contributed by atoms with Gasteiger partial charge < -0.3 is 14.7 Å². The van der Waals surface area contributed by atoms with Crippen LogP contribution in [0, 0.1) is 6.92 Å². The number of anilines is 2. The number of piperazine rings is 1. The average molecular weight is 395 g/mol. The van der Waals surface area contributed by atoms with Crippen LogP contribution in [0.3, 0.4) is 0 Å². The minimum absolute atomic E-state index is 0.0513. The van der Waals surface area contributed by atoms with Crippen LogP contribution in [0.5, 0.6) is 0 Å². The normalized spacial score (nSPS) is 20.1. The molecule has 2 aliphatic rings. The minimum atomic E-state index is 0.0513. The van der Waals surface area contributed by atoms with Crippen molar-refractivity contribution in [2.45, 2.75) is 45.6 Å². The zero-order chi connectivity index (χ0) is 20.2. The largest absolute Gasteiger partial charge is 0.353 e. The molecule has 0 radical (unpaired) electrons. The number of aromatic nitrogens is 3. The van der Waals surface area contributed by atoms with Crippen molar-refractivity contribution in [3.05, 3.63) is 41.9 Å². The summed E-state index contributed by atoms with van der Waals surface area (Å²) in [6.07, 6.45) is 6.20. The molecular weight excluding hydrogens is 364 g/mol. The van der Waals surface area contributed by atoms with Crippen LogP contribution in [0.1, 0.15) is 48.8 Å². The molecule has 0 saturated carbocycles. The van der Waals surface area contributed by atoms with Gasteiger partial charge >= 0.3 is 0 Å². The Balaban J connectivity index is 1.48. The summed E-state index contributed by atoms with van der Waals surface area (Å²) < 4.78 is 0. The lowest BCUT2D eigenvalue weighted by atomic mass is 9.99. The van der Waals surface area contributed by atoms with Gasteiger partial charge in [-0.15, -0.1) is 0 Å². The van der Waals surface area contributed by atoms with Crippen LogP contribution >= 0.6 is 0 Å². The van der Waals surface area contributed by atoms with Crippen molar-refractivity contribution < 1.29 is 4.79 Å². The van der Waals surface area contributed by atoms with Crippen molar-refractivity contribution in [2.24, 2.45) is 0 Å². The fourth-order valence-electron chi connectivity index (χ4n) is 4.32. The molecule has 1 amide bonds. The summed E-state index contributed by atoms with van der Waals surface area (Å²) in [5, 5.41) is 0. The summed E-state index contributed by atoms with van der Waals surface area (Å²) in [5.41, 5.74) is 1.37. The van der Waals surface area contributed by atoms with E-state index in [1.54, 1.807) is 0 Å². The van der Waals surface area contributed by atoms with Crippen LogP contribution in [0.2, 0.25) is 0 Å². The molecular formula is C22H30N6O. The van der Waals surface area contributed by atoms with Crippen LogP contribution in [-0.2, 0) is 0 Å². The molecule has 2 fully saturated rings. The third-order valence-electron chi connectivity index (χ3n) is 5.96. The van der Waals surface area contributed by atoms with Crippen molar-refractivity contribution in [2.75, 3.05) is 42.5 Å². The number of pyridine rings is 1. The van der Waals surface area contributed by atoms with Crippen LogP contribution in [0.15, 0.2) is 30.5 Å². The molecule has 1 atom stereocenters. The summed E-state index contributed by atoms with van der Waals surface area (Å²) in [7, 11) is 0. The molecule has 4 heterocycles. The molecule has 2 saturated heterocycles. The highest BCUT2D eigenvalue weighted by Gasteiger charge is 2.28. The molecule has 0 aromatic carbocycles. The third-order valence-corrected chi connectivity index (χ3v) is 5.96. The van der Waals surface area contributed by atoms with Crippen molar-refractivity contribution in [1.82, 2.24) is 19.9 Å². The highest BCUT2D eigenvalue weighted by Crippen LogP contribution is 2.23. The quantitative estimate of drug-likeness (QED) is 0.794. The van der Waals surface area contributed by atoms with Crippen LogP contribution in [-0.4, -0.2) is 64.5 Å². The number of rotatable bonds is 4. The van der Waals surface area contributed by atoms with E-state index >= 15 is 0 Å². The first-order chi connectivity index (χ1) is 14.2. The summed E-state index contributed by atoms with van der Waals surface area (Å²) in [6.45, 7) is 8.29. The van der Waals surface area contributed by atoms with E-state index in [9.17, 15) is 4.79 Å². The zero-order valence-electron chi connectivity index (χ0n) is 17.4. The number of likely N-dealkylation sites (tertiary alicyclic amines) is 1. The van der Waals surface area contributed by atoms with Gasteiger partial charge in [0.2, 0.25) is 5.95 Å². The maximum Gasteiger partial charge on any atom is 0.272 e. The van der Waals surface area contributed by atoms with Crippen LogP contribution in [0.4, 0.5) is 11.8 Å². The zero-order valence-corrected chi connectivity index (χ0v) is 17.4. The predicted octanol–water partition coefficient (Wildman–Crippen LogP) is 2.91. The smallest absolute Gasteiger partial charge is 0.272 e. The Morgan fingerprint density at radius 3 is 2.59 bits per heavy atom. The molecule has 2 aliphatic heterocycles. The molecule has 2 aromatic rings. The first-order valence-electron chi connectivity index (χ1n) is 10.7. The summed E-state index contributed by atoms with van der Waals surface area (Å²) in [5.74, 6) is 1.72. The number of nitrogens with zero attached hydrogens (tertiary/aromatic N) is 6.